The van der Waals surface area contributed by atoms with E-state index in [4.69, 9.17) is 9.47 Å². The maximum absolute atomic E-state index is 12.3. The zero-order valence-electron chi connectivity index (χ0n) is 17.8. The number of nitrogens with zero attached hydrogens (tertiary/aromatic N) is 3. The molecule has 1 aliphatic heterocycles. The van der Waals surface area contributed by atoms with E-state index < -0.39 is 5.60 Å². The van der Waals surface area contributed by atoms with E-state index in [0.717, 1.165) is 63.1 Å². The third-order valence-corrected chi connectivity index (χ3v) is 5.81. The van der Waals surface area contributed by atoms with Gasteiger partial charge in [0.1, 0.15) is 5.60 Å². The smallest absolute Gasteiger partial charge is 0.374 e. The van der Waals surface area contributed by atoms with Gasteiger partial charge in [-0.25, -0.2) is 9.78 Å². The maximum Gasteiger partial charge on any atom is 0.374 e. The number of fused-ring (bicyclic) bond motifs is 1. The number of imidazole rings is 1. The number of carbonyl (C=O) groups excluding carboxylic acids is 2. The van der Waals surface area contributed by atoms with Crippen LogP contribution in [-0.4, -0.2) is 52.2 Å². The Morgan fingerprint density at radius 1 is 1.18 bits per heavy atom. The van der Waals surface area contributed by atoms with Crippen LogP contribution >= 0.6 is 0 Å². The van der Waals surface area contributed by atoms with Gasteiger partial charge in [0, 0.05) is 33.1 Å². The largest absolute Gasteiger partial charge is 0.463 e. The summed E-state index contributed by atoms with van der Waals surface area (Å²) in [6, 6.07) is 0. The second-order valence-electron chi connectivity index (χ2n) is 9.12. The molecule has 3 rings (SSSR count). The van der Waals surface area contributed by atoms with Crippen LogP contribution in [0.25, 0.3) is 0 Å². The molecule has 7 heteroatoms. The molecule has 2 aliphatic rings. The van der Waals surface area contributed by atoms with Gasteiger partial charge in [0.15, 0.2) is 0 Å². The van der Waals surface area contributed by atoms with Gasteiger partial charge in [0.2, 0.25) is 5.82 Å². The fraction of sp³-hybridized carbons (Fsp3) is 0.762. The molecular weight excluding hydrogens is 358 g/mol. The number of carbonyl (C=O) groups is 2. The molecule has 0 N–H and O–H groups in total. The van der Waals surface area contributed by atoms with Gasteiger partial charge in [-0.15, -0.1) is 0 Å². The molecule has 1 aromatic heterocycles. The first-order chi connectivity index (χ1) is 13.2. The van der Waals surface area contributed by atoms with Crippen LogP contribution in [0.1, 0.15) is 68.5 Å². The molecule has 0 amide bonds. The molecule has 0 spiro atoms. The summed E-state index contributed by atoms with van der Waals surface area (Å²) in [5, 5.41) is 0. The SMILES string of the molecule is COC(=O)c1nc2c(n1C)CN(CC1CCC(C(=O)OC(C)(C)C)CC1)CC2. The standard InChI is InChI=1S/C21H33N3O4/c1-21(2,3)28-19(25)15-8-6-14(7-9-15)12-24-11-10-16-17(13-24)23(4)18(22-16)20(26)27-5/h14-15H,6-13H2,1-5H3. The van der Waals surface area contributed by atoms with E-state index in [9.17, 15) is 9.59 Å². The van der Waals surface area contributed by atoms with Crippen LogP contribution in [0.2, 0.25) is 0 Å². The number of hydrogen-bond donors (Lipinski definition) is 0. The maximum atomic E-state index is 12.3. The quantitative estimate of drug-likeness (QED) is 0.735. The van der Waals surface area contributed by atoms with E-state index in [1.807, 2.05) is 32.4 Å². The van der Waals surface area contributed by atoms with Crippen molar-refractivity contribution >= 4 is 11.9 Å². The van der Waals surface area contributed by atoms with Gasteiger partial charge in [-0.3, -0.25) is 9.69 Å². The summed E-state index contributed by atoms with van der Waals surface area (Å²) in [6.45, 7) is 8.55. The van der Waals surface area contributed by atoms with Gasteiger partial charge in [0.25, 0.3) is 0 Å². The molecule has 2 heterocycles. The minimum Gasteiger partial charge on any atom is -0.463 e. The number of aromatic nitrogens is 2. The van der Waals surface area contributed by atoms with E-state index >= 15 is 0 Å². The van der Waals surface area contributed by atoms with Crippen molar-refractivity contribution in [3.05, 3.63) is 17.2 Å². The lowest BCUT2D eigenvalue weighted by atomic mass is 9.81. The average molecular weight is 392 g/mol. The lowest BCUT2D eigenvalue weighted by Crippen LogP contribution is -2.37. The van der Waals surface area contributed by atoms with Crippen molar-refractivity contribution in [3.8, 4) is 0 Å². The Kier molecular flexibility index (Phi) is 6.12. The highest BCUT2D eigenvalue weighted by molar-refractivity contribution is 5.85. The van der Waals surface area contributed by atoms with Gasteiger partial charge in [-0.2, -0.15) is 0 Å². The summed E-state index contributed by atoms with van der Waals surface area (Å²) in [5.74, 6) is 0.603. The first kappa shape index (κ1) is 20.8. The minimum absolute atomic E-state index is 0.0428. The highest BCUT2D eigenvalue weighted by Crippen LogP contribution is 2.32. The van der Waals surface area contributed by atoms with Crippen molar-refractivity contribution < 1.29 is 19.1 Å². The Labute approximate surface area is 167 Å². The molecule has 7 nitrogen and oxygen atoms in total. The van der Waals surface area contributed by atoms with Crippen LogP contribution in [0.4, 0.5) is 0 Å². The van der Waals surface area contributed by atoms with E-state index in [1.165, 1.54) is 7.11 Å². The monoisotopic (exact) mass is 391 g/mol. The summed E-state index contributed by atoms with van der Waals surface area (Å²) in [4.78, 5) is 31.1. The van der Waals surface area contributed by atoms with Gasteiger partial charge >= 0.3 is 11.9 Å². The first-order valence-corrected chi connectivity index (χ1v) is 10.3. The molecule has 1 aromatic rings. The van der Waals surface area contributed by atoms with Gasteiger partial charge in [0.05, 0.1) is 24.4 Å². The Morgan fingerprint density at radius 3 is 2.46 bits per heavy atom. The molecule has 1 saturated carbocycles. The Balaban J connectivity index is 1.52. The molecule has 0 unspecified atom stereocenters. The van der Waals surface area contributed by atoms with Crippen molar-refractivity contribution in [2.75, 3.05) is 20.2 Å². The van der Waals surface area contributed by atoms with E-state index in [2.05, 4.69) is 9.88 Å². The number of ether oxygens (including phenoxy) is 2. The minimum atomic E-state index is -0.411. The van der Waals surface area contributed by atoms with Crippen LogP contribution in [0.5, 0.6) is 0 Å². The van der Waals surface area contributed by atoms with Crippen LogP contribution < -0.4 is 0 Å². The summed E-state index contributed by atoms with van der Waals surface area (Å²) in [5.41, 5.74) is 1.70. The Morgan fingerprint density at radius 2 is 1.86 bits per heavy atom. The molecule has 0 bridgehead atoms. The molecule has 1 aliphatic carbocycles. The molecule has 28 heavy (non-hydrogen) atoms. The van der Waals surface area contributed by atoms with Crippen LogP contribution in [-0.2, 0) is 34.3 Å². The molecule has 0 radical (unpaired) electrons. The average Bonchev–Trinajstić information content (AvgIpc) is 2.97. The normalized spacial score (nSPS) is 23.2. The van der Waals surface area contributed by atoms with Crippen molar-refractivity contribution in [2.24, 2.45) is 18.9 Å². The van der Waals surface area contributed by atoms with Crippen molar-refractivity contribution in [1.82, 2.24) is 14.5 Å². The van der Waals surface area contributed by atoms with Crippen LogP contribution in [0.3, 0.4) is 0 Å². The zero-order chi connectivity index (χ0) is 20.5. The number of rotatable bonds is 4. The predicted molar refractivity (Wildman–Crippen MR) is 105 cm³/mol. The number of methoxy groups -OCH3 is 1. The topological polar surface area (TPSA) is 73.7 Å². The van der Waals surface area contributed by atoms with Crippen molar-refractivity contribution in [2.45, 2.75) is 65.0 Å². The lowest BCUT2D eigenvalue weighted by molar-refractivity contribution is -0.161. The molecule has 1 fully saturated rings. The third-order valence-electron chi connectivity index (χ3n) is 5.81. The second-order valence-corrected chi connectivity index (χ2v) is 9.12. The number of hydrogen-bond acceptors (Lipinski definition) is 6. The Bertz CT molecular complexity index is 727. The summed E-state index contributed by atoms with van der Waals surface area (Å²) >= 11 is 0. The zero-order valence-corrected chi connectivity index (χ0v) is 17.8. The second kappa shape index (κ2) is 8.23. The molecule has 0 saturated heterocycles. The Hall–Kier alpha value is -1.89. The fourth-order valence-electron chi connectivity index (χ4n) is 4.30. The third kappa shape index (κ3) is 4.74. The predicted octanol–water partition coefficient (Wildman–Crippen LogP) is 2.71. The van der Waals surface area contributed by atoms with E-state index in [-0.39, 0.29) is 17.9 Å². The fourth-order valence-corrected chi connectivity index (χ4v) is 4.30. The first-order valence-electron chi connectivity index (χ1n) is 10.3. The number of esters is 2. The van der Waals surface area contributed by atoms with Gasteiger partial charge in [-0.1, -0.05) is 0 Å². The van der Waals surface area contributed by atoms with Gasteiger partial charge in [-0.05, 0) is 52.4 Å². The molecule has 156 valence electrons. The summed E-state index contributed by atoms with van der Waals surface area (Å²) in [6.07, 6.45) is 4.80. The summed E-state index contributed by atoms with van der Waals surface area (Å²) in [7, 11) is 3.27. The van der Waals surface area contributed by atoms with E-state index in [0.29, 0.717) is 11.7 Å². The summed E-state index contributed by atoms with van der Waals surface area (Å²) < 4.78 is 12.2. The molecule has 0 aromatic carbocycles. The van der Waals surface area contributed by atoms with Gasteiger partial charge < -0.3 is 14.0 Å². The highest BCUT2D eigenvalue weighted by Gasteiger charge is 2.32. The van der Waals surface area contributed by atoms with Crippen LogP contribution in [0.15, 0.2) is 0 Å². The van der Waals surface area contributed by atoms with Crippen molar-refractivity contribution in [3.63, 3.8) is 0 Å². The molecular formula is C21H33N3O4. The van der Waals surface area contributed by atoms with Crippen molar-refractivity contribution in [1.29, 1.82) is 0 Å². The lowest BCUT2D eigenvalue weighted by Gasteiger charge is -2.34. The van der Waals surface area contributed by atoms with E-state index in [1.54, 1.807) is 0 Å². The molecule has 0 atom stereocenters. The highest BCUT2D eigenvalue weighted by atomic mass is 16.6. The van der Waals surface area contributed by atoms with Crippen LogP contribution in [0, 0.1) is 11.8 Å².